The third kappa shape index (κ3) is 8.13. The molecule has 0 amide bonds. The molecular formula is C26H41N2O11P. The molecule has 13 nitrogen and oxygen atoms in total. The van der Waals surface area contributed by atoms with Crippen LogP contribution in [0.25, 0.3) is 0 Å². The maximum absolute atomic E-state index is 13.3. The van der Waals surface area contributed by atoms with Gasteiger partial charge in [0.15, 0.2) is 12.3 Å². The maximum atomic E-state index is 13.3. The second-order valence-electron chi connectivity index (χ2n) is 10.1. The van der Waals surface area contributed by atoms with Crippen molar-refractivity contribution in [2.75, 3.05) is 26.5 Å². The van der Waals surface area contributed by atoms with Crippen LogP contribution in [0.2, 0.25) is 0 Å². The second-order valence-corrected chi connectivity index (χ2v) is 12.2. The Morgan fingerprint density at radius 1 is 1.07 bits per heavy atom. The Hall–Kier alpha value is -2.31. The van der Waals surface area contributed by atoms with Crippen LogP contribution in [0.15, 0.2) is 15.8 Å². The van der Waals surface area contributed by atoms with E-state index in [1.54, 1.807) is 20.8 Å². The predicted octanol–water partition coefficient (Wildman–Crippen LogP) is 2.84. The Labute approximate surface area is 233 Å². The number of aromatic amines is 1. The summed E-state index contributed by atoms with van der Waals surface area (Å²) in [6.45, 7) is 7.01. The van der Waals surface area contributed by atoms with E-state index in [2.05, 4.69) is 4.98 Å². The van der Waals surface area contributed by atoms with Crippen molar-refractivity contribution >= 4 is 19.5 Å². The minimum atomic E-state index is -3.51. The number of hydrogen-bond acceptors (Lipinski definition) is 11. The molecule has 2 heterocycles. The Morgan fingerprint density at radius 3 is 2.25 bits per heavy atom. The molecule has 3 rings (SSSR count). The van der Waals surface area contributed by atoms with Crippen molar-refractivity contribution in [2.24, 2.45) is 5.92 Å². The molecule has 1 aliphatic carbocycles. The highest BCUT2D eigenvalue weighted by Gasteiger charge is 2.52. The molecule has 1 saturated carbocycles. The highest BCUT2D eigenvalue weighted by molar-refractivity contribution is 7.53. The van der Waals surface area contributed by atoms with Crippen molar-refractivity contribution in [3.05, 3.63) is 32.6 Å². The summed E-state index contributed by atoms with van der Waals surface area (Å²) in [7, 11) is -2.13. The average Bonchev–Trinajstić information content (AvgIpc) is 3.52. The number of ether oxygens (including phenoxy) is 4. The average molecular weight is 589 g/mol. The van der Waals surface area contributed by atoms with Gasteiger partial charge in [0.25, 0.3) is 5.56 Å². The molecule has 0 radical (unpaired) electrons. The molecule has 1 aromatic rings. The Morgan fingerprint density at radius 2 is 1.68 bits per heavy atom. The summed E-state index contributed by atoms with van der Waals surface area (Å²) in [6, 6.07) is 0. The zero-order valence-electron chi connectivity index (χ0n) is 23.8. The van der Waals surface area contributed by atoms with Gasteiger partial charge in [-0.25, -0.2) is 4.79 Å². The monoisotopic (exact) mass is 588 g/mol. The van der Waals surface area contributed by atoms with Crippen molar-refractivity contribution in [1.82, 2.24) is 9.55 Å². The fraction of sp³-hybridized carbons (Fsp3) is 0.769. The first-order valence-electron chi connectivity index (χ1n) is 13.8. The van der Waals surface area contributed by atoms with Crippen LogP contribution in [-0.2, 0) is 42.1 Å². The van der Waals surface area contributed by atoms with E-state index in [9.17, 15) is 23.7 Å². The topological polar surface area (TPSA) is 161 Å². The number of aromatic nitrogens is 2. The lowest BCUT2D eigenvalue weighted by molar-refractivity contribution is -0.161. The summed E-state index contributed by atoms with van der Waals surface area (Å²) < 4.78 is 48.4. The number of nitrogens with one attached hydrogen (secondary N) is 1. The molecule has 14 heteroatoms. The van der Waals surface area contributed by atoms with Crippen LogP contribution in [0, 0.1) is 12.8 Å². The van der Waals surface area contributed by atoms with E-state index in [-0.39, 0.29) is 43.9 Å². The lowest BCUT2D eigenvalue weighted by Crippen LogP contribution is -2.42. The van der Waals surface area contributed by atoms with E-state index in [1.807, 2.05) is 0 Å². The van der Waals surface area contributed by atoms with Gasteiger partial charge in [-0.1, -0.05) is 6.92 Å². The molecule has 0 aromatic carbocycles. The van der Waals surface area contributed by atoms with E-state index in [0.29, 0.717) is 0 Å². The summed E-state index contributed by atoms with van der Waals surface area (Å²) in [5, 5.41) is 0. The molecule has 0 spiro atoms. The van der Waals surface area contributed by atoms with Gasteiger partial charge in [-0.2, -0.15) is 0 Å². The molecule has 1 aliphatic heterocycles. The lowest BCUT2D eigenvalue weighted by Gasteiger charge is -2.28. The number of carbonyl (C=O) groups is 2. The fourth-order valence-corrected chi connectivity index (χ4v) is 7.15. The second kappa shape index (κ2) is 14.5. The molecule has 40 heavy (non-hydrogen) atoms. The molecule has 1 saturated heterocycles. The molecule has 2 fully saturated rings. The number of esters is 2. The molecule has 2 aliphatic rings. The molecule has 0 bridgehead atoms. The highest BCUT2D eigenvalue weighted by Crippen LogP contribution is 2.51. The molecule has 1 N–H and O–H groups in total. The van der Waals surface area contributed by atoms with E-state index in [0.717, 1.165) is 25.7 Å². The van der Waals surface area contributed by atoms with Crippen LogP contribution in [0.5, 0.6) is 0 Å². The van der Waals surface area contributed by atoms with Crippen molar-refractivity contribution < 1.29 is 42.1 Å². The van der Waals surface area contributed by atoms with Gasteiger partial charge in [-0.3, -0.25) is 28.5 Å². The van der Waals surface area contributed by atoms with Crippen LogP contribution in [0.4, 0.5) is 0 Å². The third-order valence-corrected chi connectivity index (χ3v) is 9.37. The zero-order valence-corrected chi connectivity index (χ0v) is 24.7. The largest absolute Gasteiger partial charge is 0.462 e. The normalized spacial score (nSPS) is 24.2. The number of hydrogen-bond donors (Lipinski definition) is 1. The summed E-state index contributed by atoms with van der Waals surface area (Å²) in [6.07, 6.45) is 0.497. The van der Waals surface area contributed by atoms with Crippen molar-refractivity contribution in [1.29, 1.82) is 0 Å². The highest BCUT2D eigenvalue weighted by atomic mass is 31.2. The number of rotatable bonds is 14. The van der Waals surface area contributed by atoms with Crippen molar-refractivity contribution in [3.63, 3.8) is 0 Å². The van der Waals surface area contributed by atoms with Crippen molar-refractivity contribution in [2.45, 2.75) is 96.9 Å². The Bertz CT molecular complexity index is 1170. The summed E-state index contributed by atoms with van der Waals surface area (Å²) in [5.74, 6) is -1.70. The van der Waals surface area contributed by atoms with Gasteiger partial charge >= 0.3 is 25.2 Å². The van der Waals surface area contributed by atoms with Crippen LogP contribution >= 0.6 is 7.60 Å². The smallest absolute Gasteiger partial charge is 0.331 e. The Balaban J connectivity index is 1.83. The van der Waals surface area contributed by atoms with E-state index >= 15 is 0 Å². The lowest BCUT2D eigenvalue weighted by atomic mass is 9.99. The number of aryl methyl sites for hydroxylation is 1. The Kier molecular flexibility index (Phi) is 11.7. The van der Waals surface area contributed by atoms with Crippen LogP contribution in [0.3, 0.4) is 0 Å². The molecule has 0 unspecified atom stereocenters. The van der Waals surface area contributed by atoms with Gasteiger partial charge < -0.3 is 28.0 Å². The SMILES string of the molecule is CCOP(=O)(C[C@@H](C)[C@H]1O[C@@H](n2cc(C)c(=O)[nH]c2=O)[C@H](OC)[C@@H]1OC(=O)CCC(=O)OC1CCCC1)OCC. The van der Waals surface area contributed by atoms with Crippen LogP contribution in [-0.4, -0.2) is 72.4 Å². The van der Waals surface area contributed by atoms with E-state index in [4.69, 9.17) is 28.0 Å². The number of nitrogens with zero attached hydrogens (tertiary/aromatic N) is 1. The third-order valence-electron chi connectivity index (χ3n) is 7.04. The van der Waals surface area contributed by atoms with Crippen LogP contribution in [0.1, 0.15) is 71.1 Å². The van der Waals surface area contributed by atoms with Crippen LogP contribution < -0.4 is 11.2 Å². The predicted molar refractivity (Wildman–Crippen MR) is 143 cm³/mol. The van der Waals surface area contributed by atoms with Gasteiger partial charge in [-0.05, 0) is 52.4 Å². The quantitative estimate of drug-likeness (QED) is 0.251. The van der Waals surface area contributed by atoms with Gasteiger partial charge in [0.2, 0.25) is 0 Å². The van der Waals surface area contributed by atoms with E-state index in [1.165, 1.54) is 24.8 Å². The van der Waals surface area contributed by atoms with Gasteiger partial charge in [-0.15, -0.1) is 0 Å². The van der Waals surface area contributed by atoms with Crippen molar-refractivity contribution in [3.8, 4) is 0 Å². The fourth-order valence-electron chi connectivity index (χ4n) is 5.17. The molecule has 1 aromatic heterocycles. The molecule has 226 valence electrons. The molecule has 5 atom stereocenters. The minimum absolute atomic E-state index is 0.0518. The standard InChI is InChI=1S/C26H41N2O11P/c1-6-35-40(33,36-7-2)15-17(4)21-22(38-20(30)13-12-19(29)37-18-10-8-9-11-18)23(34-5)25(39-21)28-14-16(3)24(31)27-26(28)32/h14,17-18,21-23,25H,6-13,15H2,1-5H3,(H,27,31,32)/t17-,21-,22-,23-,25-/m1/s1. The number of carbonyl (C=O) groups excluding carboxylic acids is 2. The zero-order chi connectivity index (χ0) is 29.4. The number of methoxy groups -OCH3 is 1. The minimum Gasteiger partial charge on any atom is -0.462 e. The maximum Gasteiger partial charge on any atom is 0.331 e. The van der Waals surface area contributed by atoms with Gasteiger partial charge in [0.05, 0.1) is 32.2 Å². The first-order valence-corrected chi connectivity index (χ1v) is 15.5. The molecular weight excluding hydrogens is 547 g/mol. The first-order chi connectivity index (χ1) is 19.0. The summed E-state index contributed by atoms with van der Waals surface area (Å²) in [4.78, 5) is 52.0. The first kappa shape index (κ1) is 32.2. The van der Waals surface area contributed by atoms with E-state index < -0.39 is 61.2 Å². The summed E-state index contributed by atoms with van der Waals surface area (Å²) >= 11 is 0. The van der Waals surface area contributed by atoms with Gasteiger partial charge in [0.1, 0.15) is 18.3 Å². The number of H-pyrrole nitrogens is 1. The summed E-state index contributed by atoms with van der Waals surface area (Å²) in [5.41, 5.74) is -1.01. The van der Waals surface area contributed by atoms with Gasteiger partial charge in [0, 0.05) is 18.9 Å².